The van der Waals surface area contributed by atoms with Gasteiger partial charge in [-0.1, -0.05) is 30.3 Å². The minimum atomic E-state index is -3.54. The molecule has 1 amide bonds. The number of hydrogen-bond donors (Lipinski definition) is 3. The van der Waals surface area contributed by atoms with Gasteiger partial charge in [-0.25, -0.2) is 13.1 Å². The average molecular weight is 478 g/mol. The molecule has 9 heteroatoms. The zero-order chi connectivity index (χ0) is 23.7. The minimum Gasteiger partial charge on any atom is -0.497 e. The van der Waals surface area contributed by atoms with Crippen molar-refractivity contribution < 1.29 is 22.4 Å². The normalized spacial score (nSPS) is 13.6. The molecule has 5 rings (SSSR count). The summed E-state index contributed by atoms with van der Waals surface area (Å²) in [5.41, 5.74) is 8.03. The Labute approximate surface area is 196 Å². The van der Waals surface area contributed by atoms with Crippen LogP contribution in [0.4, 0.5) is 5.69 Å². The van der Waals surface area contributed by atoms with Crippen LogP contribution in [0.15, 0.2) is 82.1 Å². The van der Waals surface area contributed by atoms with Crippen molar-refractivity contribution in [3.05, 3.63) is 78.6 Å². The Hall–Kier alpha value is -3.82. The second-order valence-corrected chi connectivity index (χ2v) is 9.75. The largest absolute Gasteiger partial charge is 0.497 e. The van der Waals surface area contributed by atoms with Crippen molar-refractivity contribution in [2.45, 2.75) is 23.8 Å². The molecular weight excluding hydrogens is 454 g/mol. The van der Waals surface area contributed by atoms with Gasteiger partial charge in [0.15, 0.2) is 0 Å². The van der Waals surface area contributed by atoms with Crippen LogP contribution in [-0.2, 0) is 10.0 Å². The van der Waals surface area contributed by atoms with E-state index in [1.54, 1.807) is 25.3 Å². The standard InChI is InChI=1S/C25H23N3O5S/c1-32-19-11-14-21-22(15-19)33-24(23(21)16-5-3-2-4-6-16)25(29)27-26-17-9-12-20(13-10-17)34(30,31)28-18-7-8-18/h2-6,9-15,18,26,28H,7-8H2,1H3,(H,27,29). The van der Waals surface area contributed by atoms with E-state index in [4.69, 9.17) is 9.15 Å². The fourth-order valence-electron chi connectivity index (χ4n) is 3.65. The SMILES string of the molecule is COc1ccc2c(-c3ccccc3)c(C(=O)NNc3ccc(S(=O)(=O)NC4CC4)cc3)oc2c1. The first kappa shape index (κ1) is 22.0. The Morgan fingerprint density at radius 2 is 1.74 bits per heavy atom. The number of anilines is 1. The predicted molar refractivity (Wildman–Crippen MR) is 129 cm³/mol. The number of fused-ring (bicyclic) bond motifs is 1. The van der Waals surface area contributed by atoms with Gasteiger partial charge in [0.25, 0.3) is 0 Å². The van der Waals surface area contributed by atoms with Crippen molar-refractivity contribution in [3.63, 3.8) is 0 Å². The molecule has 0 unspecified atom stereocenters. The number of hydrogen-bond acceptors (Lipinski definition) is 6. The number of benzene rings is 3. The Morgan fingerprint density at radius 3 is 2.41 bits per heavy atom. The van der Waals surface area contributed by atoms with Gasteiger partial charge in [0.05, 0.1) is 17.7 Å². The molecule has 1 fully saturated rings. The molecule has 0 radical (unpaired) electrons. The maximum atomic E-state index is 13.1. The lowest BCUT2D eigenvalue weighted by atomic mass is 10.0. The third-order valence-corrected chi connectivity index (χ3v) is 7.09. The maximum absolute atomic E-state index is 13.1. The summed E-state index contributed by atoms with van der Waals surface area (Å²) in [4.78, 5) is 13.3. The highest BCUT2D eigenvalue weighted by molar-refractivity contribution is 7.89. The zero-order valence-electron chi connectivity index (χ0n) is 18.4. The molecular formula is C25H23N3O5S. The molecule has 174 valence electrons. The fourth-order valence-corrected chi connectivity index (χ4v) is 4.95. The first-order valence-electron chi connectivity index (χ1n) is 10.8. The molecule has 0 saturated heterocycles. The van der Waals surface area contributed by atoms with Crippen LogP contribution in [0.3, 0.4) is 0 Å². The van der Waals surface area contributed by atoms with Crippen molar-refractivity contribution in [3.8, 4) is 16.9 Å². The van der Waals surface area contributed by atoms with Crippen molar-refractivity contribution in [2.75, 3.05) is 12.5 Å². The van der Waals surface area contributed by atoms with Crippen LogP contribution < -0.4 is 20.3 Å². The molecule has 8 nitrogen and oxygen atoms in total. The van der Waals surface area contributed by atoms with Crippen molar-refractivity contribution >= 4 is 32.6 Å². The second-order valence-electron chi connectivity index (χ2n) is 8.03. The van der Waals surface area contributed by atoms with E-state index in [2.05, 4.69) is 15.6 Å². The van der Waals surface area contributed by atoms with E-state index in [9.17, 15) is 13.2 Å². The molecule has 0 bridgehead atoms. The molecule has 1 heterocycles. The first-order chi connectivity index (χ1) is 16.4. The van der Waals surface area contributed by atoms with Gasteiger partial charge in [-0.2, -0.15) is 0 Å². The van der Waals surface area contributed by atoms with Crippen molar-refractivity contribution in [1.29, 1.82) is 0 Å². The summed E-state index contributed by atoms with van der Waals surface area (Å²) >= 11 is 0. The summed E-state index contributed by atoms with van der Waals surface area (Å²) < 4.78 is 38.5. The topological polar surface area (TPSA) is 110 Å². The summed E-state index contributed by atoms with van der Waals surface area (Å²) in [6.45, 7) is 0. The number of methoxy groups -OCH3 is 1. The van der Waals surface area contributed by atoms with Gasteiger partial charge in [0.2, 0.25) is 15.8 Å². The lowest BCUT2D eigenvalue weighted by Gasteiger charge is -2.10. The third kappa shape index (κ3) is 4.48. The highest BCUT2D eigenvalue weighted by Gasteiger charge is 2.28. The zero-order valence-corrected chi connectivity index (χ0v) is 19.2. The molecule has 3 N–H and O–H groups in total. The maximum Gasteiger partial charge on any atom is 0.305 e. The number of nitrogens with one attached hydrogen (secondary N) is 3. The lowest BCUT2D eigenvalue weighted by molar-refractivity contribution is 0.0938. The Kier molecular flexibility index (Phi) is 5.72. The minimum absolute atomic E-state index is 0.0321. The molecule has 0 aliphatic heterocycles. The van der Waals surface area contributed by atoms with Gasteiger partial charge >= 0.3 is 5.91 Å². The van der Waals surface area contributed by atoms with Crippen LogP contribution in [-0.4, -0.2) is 27.5 Å². The average Bonchev–Trinajstić information content (AvgIpc) is 3.58. The Morgan fingerprint density at radius 1 is 1.00 bits per heavy atom. The number of rotatable bonds is 8. The summed E-state index contributed by atoms with van der Waals surface area (Å²) in [7, 11) is -1.97. The number of amides is 1. The summed E-state index contributed by atoms with van der Waals surface area (Å²) in [6.07, 6.45) is 1.73. The number of ether oxygens (including phenoxy) is 1. The van der Waals surface area contributed by atoms with E-state index in [0.717, 1.165) is 23.8 Å². The first-order valence-corrected chi connectivity index (χ1v) is 12.3. The van der Waals surface area contributed by atoms with Crippen LogP contribution in [0.1, 0.15) is 23.4 Å². The van der Waals surface area contributed by atoms with E-state index < -0.39 is 15.9 Å². The molecule has 1 aliphatic rings. The molecule has 3 aromatic carbocycles. The molecule has 1 saturated carbocycles. The van der Waals surface area contributed by atoms with Gasteiger partial charge in [0, 0.05) is 23.1 Å². The predicted octanol–water partition coefficient (Wildman–Crippen LogP) is 4.31. The Bertz CT molecular complexity index is 1440. The van der Waals surface area contributed by atoms with Crippen LogP contribution in [0, 0.1) is 0 Å². The van der Waals surface area contributed by atoms with E-state index in [0.29, 0.717) is 22.6 Å². The smallest absolute Gasteiger partial charge is 0.305 e. The number of sulfonamides is 1. The van der Waals surface area contributed by atoms with Gasteiger partial charge in [-0.15, -0.1) is 0 Å². The van der Waals surface area contributed by atoms with Crippen LogP contribution in [0.5, 0.6) is 5.75 Å². The van der Waals surface area contributed by atoms with Crippen molar-refractivity contribution in [2.24, 2.45) is 0 Å². The molecule has 1 aromatic heterocycles. The highest BCUT2D eigenvalue weighted by Crippen LogP contribution is 2.36. The number of furan rings is 1. The molecule has 34 heavy (non-hydrogen) atoms. The Balaban J connectivity index is 1.38. The van der Waals surface area contributed by atoms with Crippen LogP contribution >= 0.6 is 0 Å². The van der Waals surface area contributed by atoms with Gasteiger partial charge in [0.1, 0.15) is 11.3 Å². The van der Waals surface area contributed by atoms with E-state index in [1.165, 1.54) is 12.1 Å². The highest BCUT2D eigenvalue weighted by atomic mass is 32.2. The molecule has 1 aliphatic carbocycles. The lowest BCUT2D eigenvalue weighted by Crippen LogP contribution is -2.29. The third-order valence-electron chi connectivity index (χ3n) is 5.55. The van der Waals surface area contributed by atoms with Gasteiger partial charge < -0.3 is 9.15 Å². The van der Waals surface area contributed by atoms with Crippen LogP contribution in [0.25, 0.3) is 22.1 Å². The number of carbonyl (C=O) groups is 1. The number of hydrazine groups is 1. The van der Waals surface area contributed by atoms with E-state index in [-0.39, 0.29) is 16.7 Å². The fraction of sp³-hybridized carbons (Fsp3) is 0.160. The molecule has 0 atom stereocenters. The monoisotopic (exact) mass is 477 g/mol. The van der Waals surface area contributed by atoms with Gasteiger partial charge in [-0.3, -0.25) is 15.6 Å². The number of carbonyl (C=O) groups excluding carboxylic acids is 1. The summed E-state index contributed by atoms with van der Waals surface area (Å²) in [5, 5.41) is 0.787. The van der Waals surface area contributed by atoms with E-state index >= 15 is 0 Å². The summed E-state index contributed by atoms with van der Waals surface area (Å²) in [6, 6.07) is 21.1. The van der Waals surface area contributed by atoms with Crippen molar-refractivity contribution in [1.82, 2.24) is 10.1 Å². The quantitative estimate of drug-likeness (QED) is 0.326. The van der Waals surface area contributed by atoms with Crippen LogP contribution in [0.2, 0.25) is 0 Å². The van der Waals surface area contributed by atoms with Gasteiger partial charge in [-0.05, 0) is 54.8 Å². The second kappa shape index (κ2) is 8.85. The molecule has 0 spiro atoms. The molecule has 4 aromatic rings. The van der Waals surface area contributed by atoms with E-state index in [1.807, 2.05) is 42.5 Å². The summed E-state index contributed by atoms with van der Waals surface area (Å²) in [5.74, 6) is 0.299.